The summed E-state index contributed by atoms with van der Waals surface area (Å²) in [5.74, 6) is 2.65. The molecular formula is C16H23NO. The van der Waals surface area contributed by atoms with Crippen LogP contribution in [0.1, 0.15) is 31.7 Å². The van der Waals surface area contributed by atoms with E-state index in [0.29, 0.717) is 12.0 Å². The number of ether oxygens (including phenoxy) is 1. The van der Waals surface area contributed by atoms with Gasteiger partial charge in [0.05, 0.1) is 6.61 Å². The van der Waals surface area contributed by atoms with Gasteiger partial charge in [0.2, 0.25) is 0 Å². The number of nitrogens with one attached hydrogen (secondary N) is 1. The van der Waals surface area contributed by atoms with Crippen LogP contribution in [0.3, 0.4) is 0 Å². The number of para-hydroxylation sites is 1. The first-order valence-corrected chi connectivity index (χ1v) is 7.32. The summed E-state index contributed by atoms with van der Waals surface area (Å²) in [7, 11) is 0. The van der Waals surface area contributed by atoms with E-state index in [1.165, 1.54) is 31.2 Å². The number of hydrogen-bond donors (Lipinski definition) is 1. The molecule has 0 bridgehead atoms. The predicted molar refractivity (Wildman–Crippen MR) is 73.9 cm³/mol. The Bertz CT molecular complexity index is 400. The quantitative estimate of drug-likeness (QED) is 0.861. The second kappa shape index (κ2) is 5.31. The van der Waals surface area contributed by atoms with Crippen LogP contribution in [-0.2, 0) is 6.42 Å². The first-order chi connectivity index (χ1) is 8.88. The maximum absolute atomic E-state index is 5.93. The molecule has 1 N–H and O–H groups in total. The van der Waals surface area contributed by atoms with Crippen LogP contribution in [0.25, 0.3) is 0 Å². The van der Waals surface area contributed by atoms with Gasteiger partial charge in [-0.05, 0) is 49.8 Å². The van der Waals surface area contributed by atoms with E-state index in [9.17, 15) is 0 Å². The van der Waals surface area contributed by atoms with Gasteiger partial charge < -0.3 is 10.1 Å². The van der Waals surface area contributed by atoms with Crippen LogP contribution in [0.2, 0.25) is 0 Å². The third kappa shape index (κ3) is 2.54. The fourth-order valence-corrected chi connectivity index (χ4v) is 3.07. The van der Waals surface area contributed by atoms with Crippen molar-refractivity contribution in [1.82, 2.24) is 5.32 Å². The lowest BCUT2D eigenvalue weighted by atomic mass is 9.88. The highest BCUT2D eigenvalue weighted by atomic mass is 16.5. The minimum atomic E-state index is 0.652. The standard InChI is InChI=1S/C16H23NO/c1-2-9-17-16(12-7-8-12)14-10-13-5-3-4-6-15(13)18-11-14/h3-6,12,14,16-17H,2,7-11H2,1H3. The first kappa shape index (κ1) is 12.0. The van der Waals surface area contributed by atoms with Gasteiger partial charge in [0, 0.05) is 12.0 Å². The van der Waals surface area contributed by atoms with Crippen LogP contribution in [0, 0.1) is 11.8 Å². The number of benzene rings is 1. The molecule has 1 fully saturated rings. The van der Waals surface area contributed by atoms with Crippen molar-refractivity contribution in [2.24, 2.45) is 11.8 Å². The fraction of sp³-hybridized carbons (Fsp3) is 0.625. The minimum absolute atomic E-state index is 0.652. The van der Waals surface area contributed by atoms with Crippen molar-refractivity contribution in [2.75, 3.05) is 13.2 Å². The molecule has 1 heterocycles. The van der Waals surface area contributed by atoms with Crippen LogP contribution in [0.4, 0.5) is 0 Å². The third-order valence-corrected chi connectivity index (χ3v) is 4.18. The predicted octanol–water partition coefficient (Wildman–Crippen LogP) is 3.02. The Morgan fingerprint density at radius 3 is 2.89 bits per heavy atom. The maximum Gasteiger partial charge on any atom is 0.122 e. The SMILES string of the molecule is CCCNC(C1CC1)C1COc2ccccc2C1. The Labute approximate surface area is 110 Å². The topological polar surface area (TPSA) is 21.3 Å². The summed E-state index contributed by atoms with van der Waals surface area (Å²) in [6.07, 6.45) is 5.19. The van der Waals surface area contributed by atoms with Crippen LogP contribution in [-0.4, -0.2) is 19.2 Å². The number of fused-ring (bicyclic) bond motifs is 1. The number of rotatable bonds is 5. The highest BCUT2D eigenvalue weighted by Crippen LogP contribution is 2.39. The largest absolute Gasteiger partial charge is 0.493 e. The molecule has 0 radical (unpaired) electrons. The van der Waals surface area contributed by atoms with Crippen molar-refractivity contribution >= 4 is 0 Å². The van der Waals surface area contributed by atoms with Crippen LogP contribution in [0.15, 0.2) is 24.3 Å². The van der Waals surface area contributed by atoms with E-state index in [0.717, 1.165) is 24.8 Å². The molecule has 1 aromatic carbocycles. The molecule has 2 aliphatic rings. The average Bonchev–Trinajstić information content (AvgIpc) is 3.24. The Hall–Kier alpha value is -1.02. The summed E-state index contributed by atoms with van der Waals surface area (Å²) in [5, 5.41) is 3.75. The zero-order chi connectivity index (χ0) is 12.4. The minimum Gasteiger partial charge on any atom is -0.493 e. The molecule has 0 saturated heterocycles. The third-order valence-electron chi connectivity index (χ3n) is 4.18. The average molecular weight is 245 g/mol. The lowest BCUT2D eigenvalue weighted by molar-refractivity contribution is 0.174. The normalized spacial score (nSPS) is 24.2. The lowest BCUT2D eigenvalue weighted by Crippen LogP contribution is -2.43. The van der Waals surface area contributed by atoms with Crippen molar-refractivity contribution in [2.45, 2.75) is 38.6 Å². The van der Waals surface area contributed by atoms with E-state index in [1.54, 1.807) is 0 Å². The summed E-state index contributed by atoms with van der Waals surface area (Å²) in [6.45, 7) is 4.26. The Kier molecular flexibility index (Phi) is 3.55. The van der Waals surface area contributed by atoms with Crippen LogP contribution in [0.5, 0.6) is 5.75 Å². The van der Waals surface area contributed by atoms with Crippen molar-refractivity contribution in [3.05, 3.63) is 29.8 Å². The van der Waals surface area contributed by atoms with Gasteiger partial charge in [-0.3, -0.25) is 0 Å². The lowest BCUT2D eigenvalue weighted by Gasteiger charge is -2.32. The zero-order valence-electron chi connectivity index (χ0n) is 11.2. The van der Waals surface area contributed by atoms with Gasteiger partial charge in [0.25, 0.3) is 0 Å². The molecule has 2 nitrogen and oxygen atoms in total. The summed E-state index contributed by atoms with van der Waals surface area (Å²) in [5.41, 5.74) is 1.39. The van der Waals surface area contributed by atoms with E-state index in [2.05, 4.69) is 36.5 Å². The van der Waals surface area contributed by atoms with Gasteiger partial charge >= 0.3 is 0 Å². The Balaban J connectivity index is 1.69. The van der Waals surface area contributed by atoms with Crippen molar-refractivity contribution in [3.63, 3.8) is 0 Å². The van der Waals surface area contributed by atoms with E-state index in [4.69, 9.17) is 4.74 Å². The second-order valence-corrected chi connectivity index (χ2v) is 5.70. The summed E-state index contributed by atoms with van der Waals surface area (Å²) < 4.78 is 5.93. The van der Waals surface area contributed by atoms with Gasteiger partial charge in [0.1, 0.15) is 5.75 Å². The summed E-state index contributed by atoms with van der Waals surface area (Å²) in [6, 6.07) is 9.16. The van der Waals surface area contributed by atoms with Gasteiger partial charge in [0.15, 0.2) is 0 Å². The molecule has 1 aliphatic carbocycles. The Morgan fingerprint density at radius 1 is 1.28 bits per heavy atom. The molecule has 98 valence electrons. The van der Waals surface area contributed by atoms with E-state index < -0.39 is 0 Å². The van der Waals surface area contributed by atoms with E-state index in [-0.39, 0.29) is 0 Å². The molecule has 2 heteroatoms. The molecule has 0 spiro atoms. The smallest absolute Gasteiger partial charge is 0.122 e. The van der Waals surface area contributed by atoms with Gasteiger partial charge in [-0.15, -0.1) is 0 Å². The first-order valence-electron chi connectivity index (χ1n) is 7.32. The number of hydrogen-bond acceptors (Lipinski definition) is 2. The molecular weight excluding hydrogens is 222 g/mol. The monoisotopic (exact) mass is 245 g/mol. The molecule has 1 saturated carbocycles. The molecule has 0 aromatic heterocycles. The van der Waals surface area contributed by atoms with Crippen LogP contribution < -0.4 is 10.1 Å². The van der Waals surface area contributed by atoms with Gasteiger partial charge in [-0.2, -0.15) is 0 Å². The van der Waals surface area contributed by atoms with Crippen LogP contribution >= 0.6 is 0 Å². The van der Waals surface area contributed by atoms with Crippen molar-refractivity contribution in [3.8, 4) is 5.75 Å². The highest BCUT2D eigenvalue weighted by Gasteiger charge is 2.37. The summed E-state index contributed by atoms with van der Waals surface area (Å²) >= 11 is 0. The molecule has 0 amide bonds. The summed E-state index contributed by atoms with van der Waals surface area (Å²) in [4.78, 5) is 0. The van der Waals surface area contributed by atoms with Gasteiger partial charge in [-0.25, -0.2) is 0 Å². The molecule has 2 atom stereocenters. The molecule has 2 unspecified atom stereocenters. The van der Waals surface area contributed by atoms with Crippen molar-refractivity contribution < 1.29 is 4.74 Å². The van der Waals surface area contributed by atoms with E-state index >= 15 is 0 Å². The Morgan fingerprint density at radius 2 is 2.11 bits per heavy atom. The zero-order valence-corrected chi connectivity index (χ0v) is 11.2. The van der Waals surface area contributed by atoms with Gasteiger partial charge in [-0.1, -0.05) is 25.1 Å². The van der Waals surface area contributed by atoms with Crippen molar-refractivity contribution in [1.29, 1.82) is 0 Å². The fourth-order valence-electron chi connectivity index (χ4n) is 3.07. The molecule has 1 aromatic rings. The maximum atomic E-state index is 5.93. The highest BCUT2D eigenvalue weighted by molar-refractivity contribution is 5.35. The molecule has 18 heavy (non-hydrogen) atoms. The molecule has 3 rings (SSSR count). The second-order valence-electron chi connectivity index (χ2n) is 5.70. The molecule has 1 aliphatic heterocycles. The van der Waals surface area contributed by atoms with E-state index in [1.807, 2.05) is 0 Å².